The molecule has 9 heteroatoms. The van der Waals surface area contributed by atoms with Gasteiger partial charge < -0.3 is 10.6 Å². The zero-order chi connectivity index (χ0) is 17.9. The molecule has 2 amide bonds. The number of aromatic nitrogens is 2. The highest BCUT2D eigenvalue weighted by atomic mass is 19.4. The molecule has 0 aliphatic carbocycles. The number of alkyl halides is 3. The molecule has 0 saturated heterocycles. The van der Waals surface area contributed by atoms with Crippen LogP contribution in [0.25, 0.3) is 0 Å². The van der Waals surface area contributed by atoms with E-state index in [1.165, 1.54) is 6.20 Å². The van der Waals surface area contributed by atoms with Gasteiger partial charge in [0.05, 0.1) is 17.4 Å². The lowest BCUT2D eigenvalue weighted by Gasteiger charge is -2.13. The Bertz CT molecular complexity index is 725. The zero-order valence-corrected chi connectivity index (χ0v) is 13.0. The van der Waals surface area contributed by atoms with Crippen LogP contribution in [0.2, 0.25) is 0 Å². The Morgan fingerprint density at radius 2 is 2.04 bits per heavy atom. The number of carbonyl (C=O) groups is 1. The predicted molar refractivity (Wildman–Crippen MR) is 79.9 cm³/mol. The predicted octanol–water partition coefficient (Wildman–Crippen LogP) is 3.94. The number of rotatable bonds is 4. The zero-order valence-electron chi connectivity index (χ0n) is 13.0. The second-order valence-electron chi connectivity index (χ2n) is 5.41. The number of nitrogens with zero attached hydrogens (tertiary/aromatic N) is 2. The van der Waals surface area contributed by atoms with Crippen LogP contribution in [0.1, 0.15) is 31.0 Å². The van der Waals surface area contributed by atoms with Crippen LogP contribution >= 0.6 is 0 Å². The van der Waals surface area contributed by atoms with Crippen LogP contribution in [-0.2, 0) is 12.7 Å². The average molecular weight is 344 g/mol. The Morgan fingerprint density at radius 3 is 2.62 bits per heavy atom. The fourth-order valence-corrected chi connectivity index (χ4v) is 2.02. The van der Waals surface area contributed by atoms with Gasteiger partial charge in [0.25, 0.3) is 0 Å². The first-order valence-electron chi connectivity index (χ1n) is 7.11. The molecule has 0 aliphatic rings. The van der Waals surface area contributed by atoms with E-state index in [-0.39, 0.29) is 11.6 Å². The van der Waals surface area contributed by atoms with E-state index in [0.29, 0.717) is 11.8 Å². The van der Waals surface area contributed by atoms with Crippen molar-refractivity contribution in [2.24, 2.45) is 0 Å². The smallest absolute Gasteiger partial charge is 0.334 e. The van der Waals surface area contributed by atoms with Crippen molar-refractivity contribution in [1.29, 1.82) is 0 Å². The van der Waals surface area contributed by atoms with Crippen LogP contribution in [0.5, 0.6) is 0 Å². The minimum absolute atomic E-state index is 0.102. The molecular weight excluding hydrogens is 328 g/mol. The normalized spacial score (nSPS) is 11.6. The summed E-state index contributed by atoms with van der Waals surface area (Å²) in [6, 6.07) is 1.52. The van der Waals surface area contributed by atoms with Crippen molar-refractivity contribution >= 4 is 11.7 Å². The molecule has 24 heavy (non-hydrogen) atoms. The third-order valence-corrected chi connectivity index (χ3v) is 3.20. The third kappa shape index (κ3) is 4.46. The molecule has 0 radical (unpaired) electrons. The highest BCUT2D eigenvalue weighted by Crippen LogP contribution is 2.32. The topological polar surface area (TPSA) is 59.0 Å². The first kappa shape index (κ1) is 17.8. The first-order valence-corrected chi connectivity index (χ1v) is 7.11. The van der Waals surface area contributed by atoms with Gasteiger partial charge in [-0.05, 0) is 37.6 Å². The van der Waals surface area contributed by atoms with Crippen LogP contribution in [0.4, 0.5) is 28.0 Å². The van der Waals surface area contributed by atoms with Crippen LogP contribution in [0, 0.1) is 5.82 Å². The van der Waals surface area contributed by atoms with E-state index in [9.17, 15) is 22.4 Å². The molecule has 130 valence electrons. The van der Waals surface area contributed by atoms with Crippen molar-refractivity contribution in [1.82, 2.24) is 15.1 Å². The van der Waals surface area contributed by atoms with E-state index in [1.54, 1.807) is 10.9 Å². The van der Waals surface area contributed by atoms with Gasteiger partial charge in [0.2, 0.25) is 0 Å². The summed E-state index contributed by atoms with van der Waals surface area (Å²) in [6.07, 6.45) is -1.62. The Kier molecular flexibility index (Phi) is 5.10. The van der Waals surface area contributed by atoms with Crippen LogP contribution in [0.3, 0.4) is 0 Å². The summed E-state index contributed by atoms with van der Waals surface area (Å²) in [4.78, 5) is 11.8. The molecule has 2 N–H and O–H groups in total. The summed E-state index contributed by atoms with van der Waals surface area (Å²) in [5, 5.41) is 8.74. The van der Waals surface area contributed by atoms with Gasteiger partial charge in [0.1, 0.15) is 5.82 Å². The van der Waals surface area contributed by atoms with Crippen molar-refractivity contribution < 1.29 is 22.4 Å². The number of carbonyl (C=O) groups excluding carboxylic acids is 1. The van der Waals surface area contributed by atoms with Gasteiger partial charge in [0.15, 0.2) is 0 Å². The third-order valence-electron chi connectivity index (χ3n) is 3.20. The lowest BCUT2D eigenvalue weighted by atomic mass is 10.1. The summed E-state index contributed by atoms with van der Waals surface area (Å²) in [5.41, 5.74) is -0.941. The van der Waals surface area contributed by atoms with E-state index in [4.69, 9.17) is 0 Å². The van der Waals surface area contributed by atoms with Gasteiger partial charge in [-0.2, -0.15) is 18.3 Å². The highest BCUT2D eigenvalue weighted by molar-refractivity contribution is 5.88. The molecule has 0 unspecified atom stereocenters. The maximum Gasteiger partial charge on any atom is 0.416 e. The number of benzene rings is 1. The number of amides is 2. The number of nitrogens with one attached hydrogen (secondary N) is 2. The maximum absolute atomic E-state index is 13.2. The largest absolute Gasteiger partial charge is 0.416 e. The Hall–Kier alpha value is -2.58. The molecule has 0 atom stereocenters. The summed E-state index contributed by atoms with van der Waals surface area (Å²) in [5.74, 6) is -0.807. The number of hydrogen-bond donors (Lipinski definition) is 2. The average Bonchev–Trinajstić information content (AvgIpc) is 2.92. The van der Waals surface area contributed by atoms with Gasteiger partial charge >= 0.3 is 12.2 Å². The molecule has 1 aromatic carbocycles. The van der Waals surface area contributed by atoms with Crippen molar-refractivity contribution in [3.63, 3.8) is 0 Å². The molecule has 0 spiro atoms. The molecule has 1 heterocycles. The minimum atomic E-state index is -4.63. The maximum atomic E-state index is 13.2. The number of halogens is 4. The second kappa shape index (κ2) is 6.90. The molecule has 0 fully saturated rings. The minimum Gasteiger partial charge on any atom is -0.334 e. The lowest BCUT2D eigenvalue weighted by Crippen LogP contribution is -2.29. The van der Waals surface area contributed by atoms with Crippen LogP contribution in [-0.4, -0.2) is 15.8 Å². The van der Waals surface area contributed by atoms with E-state index in [2.05, 4.69) is 15.7 Å². The van der Waals surface area contributed by atoms with Crippen molar-refractivity contribution in [3.8, 4) is 0 Å². The van der Waals surface area contributed by atoms with Gasteiger partial charge in [-0.1, -0.05) is 0 Å². The molecule has 1 aromatic heterocycles. The Labute approximate surface area is 135 Å². The van der Waals surface area contributed by atoms with Crippen LogP contribution < -0.4 is 10.6 Å². The molecule has 0 bridgehead atoms. The van der Waals surface area contributed by atoms with Crippen molar-refractivity contribution in [2.45, 2.75) is 32.6 Å². The number of urea groups is 1. The molecule has 0 aliphatic heterocycles. The standard InChI is InChI=1S/C15H16F4N4O/c1-9(2)23-8-12(7-21-23)22-14(24)20-6-10-5-11(16)3-4-13(10)15(17,18)19/h3-5,7-9H,6H2,1-2H3,(H2,20,22,24). The first-order chi connectivity index (χ1) is 11.2. The summed E-state index contributed by atoms with van der Waals surface area (Å²) in [7, 11) is 0. The van der Waals surface area contributed by atoms with Crippen LogP contribution in [0.15, 0.2) is 30.6 Å². The summed E-state index contributed by atoms with van der Waals surface area (Å²) < 4.78 is 53.4. The number of anilines is 1. The summed E-state index contributed by atoms with van der Waals surface area (Å²) >= 11 is 0. The van der Waals surface area contributed by atoms with Gasteiger partial charge in [-0.25, -0.2) is 9.18 Å². The van der Waals surface area contributed by atoms with Crippen molar-refractivity contribution in [3.05, 3.63) is 47.5 Å². The lowest BCUT2D eigenvalue weighted by molar-refractivity contribution is -0.138. The summed E-state index contributed by atoms with van der Waals surface area (Å²) in [6.45, 7) is 3.34. The van der Waals surface area contributed by atoms with Gasteiger partial charge in [-0.15, -0.1) is 0 Å². The fourth-order valence-electron chi connectivity index (χ4n) is 2.02. The highest BCUT2D eigenvalue weighted by Gasteiger charge is 2.33. The molecular formula is C15H16F4N4O. The Morgan fingerprint density at radius 1 is 1.33 bits per heavy atom. The van der Waals surface area contributed by atoms with E-state index >= 15 is 0 Å². The van der Waals surface area contributed by atoms with Gasteiger partial charge in [0, 0.05) is 18.8 Å². The Balaban J connectivity index is 2.02. The molecule has 5 nitrogen and oxygen atoms in total. The fraction of sp³-hybridized carbons (Fsp3) is 0.333. The van der Waals surface area contributed by atoms with E-state index in [1.807, 2.05) is 13.8 Å². The molecule has 2 rings (SSSR count). The number of hydrogen-bond acceptors (Lipinski definition) is 2. The van der Waals surface area contributed by atoms with E-state index < -0.39 is 30.1 Å². The monoisotopic (exact) mass is 344 g/mol. The van der Waals surface area contributed by atoms with Crippen molar-refractivity contribution in [2.75, 3.05) is 5.32 Å². The van der Waals surface area contributed by atoms with Gasteiger partial charge in [-0.3, -0.25) is 4.68 Å². The molecule has 2 aromatic rings. The second-order valence-corrected chi connectivity index (χ2v) is 5.41. The SMILES string of the molecule is CC(C)n1cc(NC(=O)NCc2cc(F)ccc2C(F)(F)F)cn1. The molecule has 0 saturated carbocycles. The quantitative estimate of drug-likeness (QED) is 0.825. The van der Waals surface area contributed by atoms with E-state index in [0.717, 1.165) is 12.1 Å².